The van der Waals surface area contributed by atoms with E-state index in [1.807, 2.05) is 25.3 Å². The summed E-state index contributed by atoms with van der Waals surface area (Å²) in [5.74, 6) is 0.755. The number of halogens is 1. The first kappa shape index (κ1) is 11.6. The Labute approximate surface area is 104 Å². The molecule has 0 spiro atoms. The molecule has 2 heterocycles. The van der Waals surface area contributed by atoms with E-state index in [9.17, 15) is 0 Å². The maximum Gasteiger partial charge on any atom is 0.223 e. The van der Waals surface area contributed by atoms with Crippen molar-refractivity contribution in [3.63, 3.8) is 0 Å². The Balaban J connectivity index is 2.04. The van der Waals surface area contributed by atoms with Crippen LogP contribution in [0.3, 0.4) is 0 Å². The van der Waals surface area contributed by atoms with Crippen molar-refractivity contribution in [1.29, 1.82) is 0 Å². The molecule has 17 heavy (non-hydrogen) atoms. The third kappa shape index (κ3) is 3.29. The second-order valence-corrected chi connectivity index (χ2v) is 3.98. The molecule has 0 aliphatic carbocycles. The Kier molecular flexibility index (Phi) is 3.39. The highest BCUT2D eigenvalue weighted by Crippen LogP contribution is 2.13. The van der Waals surface area contributed by atoms with Crippen molar-refractivity contribution in [3.05, 3.63) is 40.8 Å². The summed E-state index contributed by atoms with van der Waals surface area (Å²) in [5.41, 5.74) is 7.54. The molecule has 2 rings (SSSR count). The Morgan fingerprint density at radius 1 is 1.35 bits per heavy atom. The highest BCUT2D eigenvalue weighted by Gasteiger charge is 2.00. The lowest BCUT2D eigenvalue weighted by molar-refractivity contribution is 1.06. The van der Waals surface area contributed by atoms with E-state index in [1.54, 1.807) is 6.07 Å². The van der Waals surface area contributed by atoms with Crippen LogP contribution < -0.4 is 11.1 Å². The van der Waals surface area contributed by atoms with Gasteiger partial charge in [-0.15, -0.1) is 0 Å². The average Bonchev–Trinajstić information content (AvgIpc) is 2.27. The first-order chi connectivity index (χ1) is 8.13. The Bertz CT molecular complexity index is 492. The number of nitrogens with zero attached hydrogens (tertiary/aromatic N) is 3. The molecule has 0 saturated carbocycles. The van der Waals surface area contributed by atoms with Crippen LogP contribution in [0.25, 0.3) is 0 Å². The molecule has 5 nitrogen and oxygen atoms in total. The minimum Gasteiger partial charge on any atom is -0.368 e. The van der Waals surface area contributed by atoms with E-state index < -0.39 is 0 Å². The van der Waals surface area contributed by atoms with Crippen LogP contribution in [0.1, 0.15) is 11.3 Å². The van der Waals surface area contributed by atoms with E-state index in [4.69, 9.17) is 17.3 Å². The van der Waals surface area contributed by atoms with Gasteiger partial charge >= 0.3 is 0 Å². The molecule has 0 amide bonds. The zero-order valence-corrected chi connectivity index (χ0v) is 10.1. The fourth-order valence-electron chi connectivity index (χ4n) is 1.32. The molecule has 0 unspecified atom stereocenters. The predicted octanol–water partition coefficient (Wildman–Crippen LogP) is 2.03. The summed E-state index contributed by atoms with van der Waals surface area (Å²) < 4.78 is 0. The van der Waals surface area contributed by atoms with Crippen LogP contribution in [0.2, 0.25) is 5.15 Å². The fraction of sp³-hybridized carbons (Fsp3) is 0.182. The van der Waals surface area contributed by atoms with Crippen molar-refractivity contribution < 1.29 is 0 Å². The normalized spacial score (nSPS) is 10.2. The summed E-state index contributed by atoms with van der Waals surface area (Å²) in [6.07, 6.45) is 1.81. The van der Waals surface area contributed by atoms with Crippen LogP contribution in [0.5, 0.6) is 0 Å². The second kappa shape index (κ2) is 4.97. The summed E-state index contributed by atoms with van der Waals surface area (Å²) >= 11 is 5.77. The number of hydrogen-bond donors (Lipinski definition) is 2. The number of aromatic nitrogens is 3. The van der Waals surface area contributed by atoms with E-state index in [2.05, 4.69) is 20.3 Å². The molecular formula is C11H12ClN5. The maximum absolute atomic E-state index is 5.77. The summed E-state index contributed by atoms with van der Waals surface area (Å²) in [7, 11) is 0. The number of nitrogens with two attached hydrogens (primary N) is 1. The van der Waals surface area contributed by atoms with Gasteiger partial charge in [-0.3, -0.25) is 4.98 Å². The van der Waals surface area contributed by atoms with Gasteiger partial charge in [0.1, 0.15) is 11.0 Å². The minimum atomic E-state index is 0.155. The zero-order chi connectivity index (χ0) is 12.3. The molecule has 88 valence electrons. The van der Waals surface area contributed by atoms with Gasteiger partial charge in [-0.25, -0.2) is 4.98 Å². The molecular weight excluding hydrogens is 238 g/mol. The van der Waals surface area contributed by atoms with Crippen molar-refractivity contribution in [3.8, 4) is 0 Å². The Morgan fingerprint density at radius 2 is 2.18 bits per heavy atom. The van der Waals surface area contributed by atoms with Crippen LogP contribution in [-0.4, -0.2) is 15.0 Å². The van der Waals surface area contributed by atoms with Gasteiger partial charge in [0.25, 0.3) is 0 Å². The molecule has 3 N–H and O–H groups in total. The first-order valence-electron chi connectivity index (χ1n) is 5.09. The topological polar surface area (TPSA) is 76.7 Å². The van der Waals surface area contributed by atoms with Crippen LogP contribution >= 0.6 is 11.6 Å². The Morgan fingerprint density at radius 3 is 2.82 bits per heavy atom. The molecule has 0 bridgehead atoms. The lowest BCUT2D eigenvalue weighted by atomic mass is 10.2. The number of aryl methyl sites for hydroxylation is 1. The molecule has 0 radical (unpaired) electrons. The molecule has 0 atom stereocenters. The summed E-state index contributed by atoms with van der Waals surface area (Å²) in [6, 6.07) is 5.58. The molecule has 0 aromatic carbocycles. The van der Waals surface area contributed by atoms with Crippen molar-refractivity contribution >= 4 is 23.4 Å². The van der Waals surface area contributed by atoms with Gasteiger partial charge in [0.05, 0.1) is 0 Å². The SMILES string of the molecule is Cc1ccc(CNc2cc(Cl)nc(N)n2)cn1. The van der Waals surface area contributed by atoms with Gasteiger partial charge in [0, 0.05) is 24.5 Å². The van der Waals surface area contributed by atoms with Crippen LogP contribution in [0.4, 0.5) is 11.8 Å². The summed E-state index contributed by atoms with van der Waals surface area (Å²) in [4.78, 5) is 12.0. The highest BCUT2D eigenvalue weighted by molar-refractivity contribution is 6.29. The monoisotopic (exact) mass is 249 g/mol. The van der Waals surface area contributed by atoms with E-state index in [0.717, 1.165) is 11.3 Å². The van der Waals surface area contributed by atoms with E-state index in [1.165, 1.54) is 0 Å². The smallest absolute Gasteiger partial charge is 0.223 e. The average molecular weight is 250 g/mol. The van der Waals surface area contributed by atoms with Crippen molar-refractivity contribution in [2.24, 2.45) is 0 Å². The fourth-order valence-corrected chi connectivity index (χ4v) is 1.51. The zero-order valence-electron chi connectivity index (χ0n) is 9.31. The van der Waals surface area contributed by atoms with E-state index >= 15 is 0 Å². The highest BCUT2D eigenvalue weighted by atomic mass is 35.5. The molecule has 6 heteroatoms. The van der Waals surface area contributed by atoms with Crippen molar-refractivity contribution in [1.82, 2.24) is 15.0 Å². The van der Waals surface area contributed by atoms with Gasteiger partial charge in [0.2, 0.25) is 5.95 Å². The van der Waals surface area contributed by atoms with Crippen LogP contribution in [-0.2, 0) is 6.54 Å². The standard InChI is InChI=1S/C11H12ClN5/c1-7-2-3-8(5-14-7)6-15-10-4-9(12)16-11(13)17-10/h2-5H,6H2,1H3,(H3,13,15,16,17). The van der Waals surface area contributed by atoms with Crippen LogP contribution in [0.15, 0.2) is 24.4 Å². The first-order valence-corrected chi connectivity index (χ1v) is 5.47. The number of rotatable bonds is 3. The van der Waals surface area contributed by atoms with Gasteiger partial charge in [-0.1, -0.05) is 17.7 Å². The summed E-state index contributed by atoms with van der Waals surface area (Å²) in [5, 5.41) is 3.43. The molecule has 0 fully saturated rings. The number of hydrogen-bond acceptors (Lipinski definition) is 5. The second-order valence-electron chi connectivity index (χ2n) is 3.60. The molecule has 2 aromatic heterocycles. The lowest BCUT2D eigenvalue weighted by Crippen LogP contribution is -2.04. The van der Waals surface area contributed by atoms with Crippen molar-refractivity contribution in [2.45, 2.75) is 13.5 Å². The number of nitrogens with one attached hydrogen (secondary N) is 1. The van der Waals surface area contributed by atoms with Gasteiger partial charge in [-0.05, 0) is 18.6 Å². The maximum atomic E-state index is 5.77. The van der Waals surface area contributed by atoms with Crippen molar-refractivity contribution in [2.75, 3.05) is 11.1 Å². The van der Waals surface area contributed by atoms with E-state index in [0.29, 0.717) is 17.5 Å². The minimum absolute atomic E-state index is 0.155. The largest absolute Gasteiger partial charge is 0.368 e. The van der Waals surface area contributed by atoms with Crippen LogP contribution in [0, 0.1) is 6.92 Å². The Hall–Kier alpha value is -1.88. The number of nitrogen functional groups attached to an aromatic ring is 1. The summed E-state index contributed by atoms with van der Waals surface area (Å²) in [6.45, 7) is 2.56. The molecule has 0 saturated heterocycles. The van der Waals surface area contributed by atoms with Gasteiger partial charge < -0.3 is 11.1 Å². The third-order valence-corrected chi connectivity index (χ3v) is 2.35. The van der Waals surface area contributed by atoms with Gasteiger partial charge in [-0.2, -0.15) is 4.98 Å². The number of pyridine rings is 1. The molecule has 0 aliphatic rings. The predicted molar refractivity (Wildman–Crippen MR) is 67.8 cm³/mol. The lowest BCUT2D eigenvalue weighted by Gasteiger charge is -2.06. The van der Waals surface area contributed by atoms with E-state index in [-0.39, 0.29) is 5.95 Å². The molecule has 0 aliphatic heterocycles. The molecule has 2 aromatic rings. The number of anilines is 2. The third-order valence-electron chi connectivity index (χ3n) is 2.16. The quantitative estimate of drug-likeness (QED) is 0.814. The van der Waals surface area contributed by atoms with Gasteiger partial charge in [0.15, 0.2) is 0 Å².